The summed E-state index contributed by atoms with van der Waals surface area (Å²) in [6.45, 7) is 5.37. The van der Waals surface area contributed by atoms with Gasteiger partial charge in [-0.1, -0.05) is 0 Å². The Morgan fingerprint density at radius 3 is 2.27 bits per heavy atom. The lowest BCUT2D eigenvalue weighted by Crippen LogP contribution is -2.38. The summed E-state index contributed by atoms with van der Waals surface area (Å²) in [5.74, 6) is 0. The Kier molecular flexibility index (Phi) is 5.59. The maximum Gasteiger partial charge on any atom is 0.410 e. The van der Waals surface area contributed by atoms with Crippen molar-refractivity contribution in [3.05, 3.63) is 0 Å². The minimum atomic E-state index is -0.598. The summed E-state index contributed by atoms with van der Waals surface area (Å²) in [4.78, 5) is 33.1. The molecule has 0 saturated carbocycles. The molecule has 86 valence electrons. The van der Waals surface area contributed by atoms with Crippen molar-refractivity contribution in [3.8, 4) is 0 Å². The normalized spacial score (nSPS) is 10.6. The summed E-state index contributed by atoms with van der Waals surface area (Å²) in [6.07, 6.45) is 0.931. The van der Waals surface area contributed by atoms with Crippen LogP contribution in [0.1, 0.15) is 27.2 Å². The third-order valence-corrected chi connectivity index (χ3v) is 1.46. The smallest absolute Gasteiger partial charge is 0.410 e. The van der Waals surface area contributed by atoms with Crippen LogP contribution in [-0.4, -0.2) is 42.3 Å². The van der Waals surface area contributed by atoms with Gasteiger partial charge < -0.3 is 19.2 Å². The van der Waals surface area contributed by atoms with Gasteiger partial charge in [-0.3, -0.25) is 0 Å². The van der Waals surface area contributed by atoms with Crippen LogP contribution >= 0.6 is 0 Å². The number of carbonyl (C=O) groups excluding carboxylic acids is 3. The Morgan fingerprint density at radius 2 is 1.87 bits per heavy atom. The van der Waals surface area contributed by atoms with Crippen molar-refractivity contribution < 1.29 is 19.1 Å². The Balaban J connectivity index is 4.27. The maximum atomic E-state index is 11.5. The zero-order valence-corrected chi connectivity index (χ0v) is 9.36. The molecular weight excluding hydrogens is 198 g/mol. The molecule has 0 aliphatic carbocycles. The van der Waals surface area contributed by atoms with Gasteiger partial charge in [-0.05, 0) is 20.8 Å². The van der Waals surface area contributed by atoms with Crippen molar-refractivity contribution in [1.29, 1.82) is 0 Å². The summed E-state index contributed by atoms with van der Waals surface area (Å²) in [6, 6.07) is 0. The fraction of sp³-hybridized carbons (Fsp3) is 0.700. The van der Waals surface area contributed by atoms with Crippen LogP contribution in [0.2, 0.25) is 0 Å². The average Bonchev–Trinajstić information content (AvgIpc) is 2.09. The summed E-state index contributed by atoms with van der Waals surface area (Å²) in [7, 11) is 0. The van der Waals surface area contributed by atoms with E-state index in [1.54, 1.807) is 20.8 Å². The summed E-state index contributed by atoms with van der Waals surface area (Å²) >= 11 is 0. The van der Waals surface area contributed by atoms with Gasteiger partial charge in [-0.25, -0.2) is 4.79 Å². The van der Waals surface area contributed by atoms with E-state index in [1.165, 1.54) is 4.90 Å². The molecule has 0 aromatic heterocycles. The number of ether oxygens (including phenoxy) is 1. The molecule has 0 N–H and O–H groups in total. The highest BCUT2D eigenvalue weighted by molar-refractivity contribution is 5.72. The molecule has 0 rings (SSSR count). The van der Waals surface area contributed by atoms with Gasteiger partial charge in [0.1, 0.15) is 18.2 Å². The van der Waals surface area contributed by atoms with Crippen LogP contribution in [0.5, 0.6) is 0 Å². The van der Waals surface area contributed by atoms with Crippen molar-refractivity contribution in [3.63, 3.8) is 0 Å². The van der Waals surface area contributed by atoms with Crippen LogP contribution < -0.4 is 0 Å². The minimum Gasteiger partial charge on any atom is -0.444 e. The SMILES string of the molecule is CC(C)(C)OC(=O)N(CC=O)CCC=O. The molecule has 5 heteroatoms. The lowest BCUT2D eigenvalue weighted by atomic mass is 10.2. The van der Waals surface area contributed by atoms with E-state index in [1.807, 2.05) is 0 Å². The molecule has 0 aromatic rings. The topological polar surface area (TPSA) is 63.7 Å². The van der Waals surface area contributed by atoms with Crippen molar-refractivity contribution in [2.45, 2.75) is 32.8 Å². The van der Waals surface area contributed by atoms with E-state index >= 15 is 0 Å². The zero-order valence-electron chi connectivity index (χ0n) is 9.36. The van der Waals surface area contributed by atoms with Gasteiger partial charge in [0, 0.05) is 13.0 Å². The zero-order chi connectivity index (χ0) is 11.9. The molecular formula is C10H17NO4. The summed E-state index contributed by atoms with van der Waals surface area (Å²) in [5.41, 5.74) is -0.598. The highest BCUT2D eigenvalue weighted by Crippen LogP contribution is 2.09. The van der Waals surface area contributed by atoms with E-state index in [2.05, 4.69) is 0 Å². The van der Waals surface area contributed by atoms with Crippen LogP contribution in [0.25, 0.3) is 0 Å². The van der Waals surface area contributed by atoms with Gasteiger partial charge in [0.05, 0.1) is 6.54 Å². The molecule has 0 radical (unpaired) electrons. The van der Waals surface area contributed by atoms with Gasteiger partial charge in [0.15, 0.2) is 0 Å². The van der Waals surface area contributed by atoms with Crippen LogP contribution in [0.3, 0.4) is 0 Å². The van der Waals surface area contributed by atoms with Gasteiger partial charge in [0.2, 0.25) is 0 Å². The van der Waals surface area contributed by atoms with E-state index in [9.17, 15) is 14.4 Å². The summed E-state index contributed by atoms with van der Waals surface area (Å²) in [5, 5.41) is 0. The molecule has 15 heavy (non-hydrogen) atoms. The van der Waals surface area contributed by atoms with Gasteiger partial charge in [-0.2, -0.15) is 0 Å². The number of hydrogen-bond acceptors (Lipinski definition) is 4. The third-order valence-electron chi connectivity index (χ3n) is 1.46. The monoisotopic (exact) mass is 215 g/mol. The molecule has 0 heterocycles. The molecule has 0 atom stereocenters. The van der Waals surface area contributed by atoms with Crippen LogP contribution in [0.15, 0.2) is 0 Å². The van der Waals surface area contributed by atoms with E-state index in [0.29, 0.717) is 12.6 Å². The molecule has 1 amide bonds. The molecule has 0 fully saturated rings. The number of amides is 1. The minimum absolute atomic E-state index is 0.0528. The number of carbonyl (C=O) groups is 3. The Morgan fingerprint density at radius 1 is 1.27 bits per heavy atom. The molecule has 5 nitrogen and oxygen atoms in total. The first-order valence-corrected chi connectivity index (χ1v) is 4.76. The third kappa shape index (κ3) is 6.65. The van der Waals surface area contributed by atoms with E-state index in [-0.39, 0.29) is 19.5 Å². The second-order valence-electron chi connectivity index (χ2n) is 4.05. The molecule has 0 aromatic carbocycles. The fourth-order valence-electron chi connectivity index (χ4n) is 0.882. The first-order valence-electron chi connectivity index (χ1n) is 4.76. The Hall–Kier alpha value is -1.39. The second-order valence-corrected chi connectivity index (χ2v) is 4.05. The largest absolute Gasteiger partial charge is 0.444 e. The molecule has 0 saturated heterocycles. The molecule has 0 bridgehead atoms. The second kappa shape index (κ2) is 6.16. The highest BCUT2D eigenvalue weighted by Gasteiger charge is 2.21. The van der Waals surface area contributed by atoms with E-state index in [4.69, 9.17) is 4.74 Å². The lowest BCUT2D eigenvalue weighted by molar-refractivity contribution is -0.110. The Labute approximate surface area is 89.4 Å². The molecule has 0 aliphatic rings. The van der Waals surface area contributed by atoms with Crippen molar-refractivity contribution in [2.24, 2.45) is 0 Å². The van der Waals surface area contributed by atoms with Gasteiger partial charge in [0.25, 0.3) is 0 Å². The van der Waals surface area contributed by atoms with Crippen molar-refractivity contribution >= 4 is 18.7 Å². The Bertz CT molecular complexity index is 232. The summed E-state index contributed by atoms with van der Waals surface area (Å²) < 4.78 is 5.06. The molecule has 0 aliphatic heterocycles. The maximum absolute atomic E-state index is 11.5. The fourth-order valence-corrected chi connectivity index (χ4v) is 0.882. The number of nitrogens with zero attached hydrogens (tertiary/aromatic N) is 1. The van der Waals surface area contributed by atoms with Crippen LogP contribution in [-0.2, 0) is 14.3 Å². The van der Waals surface area contributed by atoms with Gasteiger partial charge in [-0.15, -0.1) is 0 Å². The molecule has 0 unspecified atom stereocenters. The first kappa shape index (κ1) is 13.6. The predicted octanol–water partition coefficient (Wildman–Crippen LogP) is 1.01. The van der Waals surface area contributed by atoms with E-state index in [0.717, 1.165) is 0 Å². The van der Waals surface area contributed by atoms with E-state index < -0.39 is 11.7 Å². The quantitative estimate of drug-likeness (QED) is 0.642. The van der Waals surface area contributed by atoms with Gasteiger partial charge >= 0.3 is 6.09 Å². The van der Waals surface area contributed by atoms with Crippen molar-refractivity contribution in [2.75, 3.05) is 13.1 Å². The number of aldehydes is 2. The number of rotatable bonds is 5. The predicted molar refractivity (Wildman–Crippen MR) is 54.6 cm³/mol. The molecule has 0 spiro atoms. The number of hydrogen-bond donors (Lipinski definition) is 0. The highest BCUT2D eigenvalue weighted by atomic mass is 16.6. The standard InChI is InChI=1S/C10H17NO4/c1-10(2,3)15-9(14)11(6-8-13)5-4-7-12/h7-8H,4-6H2,1-3H3. The average molecular weight is 215 g/mol. The van der Waals surface area contributed by atoms with Crippen LogP contribution in [0.4, 0.5) is 4.79 Å². The van der Waals surface area contributed by atoms with Crippen LogP contribution in [0, 0.1) is 0 Å². The lowest BCUT2D eigenvalue weighted by Gasteiger charge is -2.25. The first-order chi connectivity index (χ1) is 6.90. The van der Waals surface area contributed by atoms with Crippen molar-refractivity contribution in [1.82, 2.24) is 4.90 Å².